The zero-order valence-electron chi connectivity index (χ0n) is 8.65. The average Bonchev–Trinajstić information content (AvgIpc) is 1.88. The number of likely N-dealkylation sites (N-methyl/N-ethyl adjacent to an activating group) is 1. The number of allylic oxidation sites excluding steroid dienone is 1. The molecule has 0 saturated carbocycles. The Balaban J connectivity index is 0. The molecule has 0 fully saturated rings. The normalized spacial score (nSPS) is 10.0. The summed E-state index contributed by atoms with van der Waals surface area (Å²) in [5.41, 5.74) is 0. The smallest absolute Gasteiger partial charge is 0.0134 e. The number of hydrogen-bond donors (Lipinski definition) is 1. The van der Waals surface area contributed by atoms with Crippen molar-refractivity contribution in [3.63, 3.8) is 0 Å². The summed E-state index contributed by atoms with van der Waals surface area (Å²) in [5.74, 6) is 0.833. The van der Waals surface area contributed by atoms with E-state index in [1.165, 1.54) is 0 Å². The van der Waals surface area contributed by atoms with Crippen LogP contribution in [0.5, 0.6) is 0 Å². The molecule has 0 aromatic carbocycles. The van der Waals surface area contributed by atoms with Gasteiger partial charge in [-0.1, -0.05) is 39.8 Å². The molecule has 0 spiro atoms. The number of hydrogen-bond acceptors (Lipinski definition) is 1. The first-order valence-electron chi connectivity index (χ1n) is 4.47. The third-order valence-corrected chi connectivity index (χ3v) is 0.748. The molecule has 0 bridgehead atoms. The molecule has 0 rings (SSSR count). The van der Waals surface area contributed by atoms with E-state index in [9.17, 15) is 0 Å². The maximum atomic E-state index is 3.16. The Labute approximate surface area is 71.9 Å². The molecule has 0 atom stereocenters. The summed E-state index contributed by atoms with van der Waals surface area (Å²) in [6.45, 7) is 12.7. The minimum absolute atomic E-state index is 0.833. The van der Waals surface area contributed by atoms with Gasteiger partial charge in [0.25, 0.3) is 0 Å². The molecule has 1 nitrogen and oxygen atoms in total. The topological polar surface area (TPSA) is 12.0 Å². The minimum atomic E-state index is 0.833. The van der Waals surface area contributed by atoms with Gasteiger partial charge in [-0.2, -0.15) is 0 Å². The van der Waals surface area contributed by atoms with Gasteiger partial charge in [-0.05, 0) is 19.4 Å². The highest BCUT2D eigenvalue weighted by Crippen LogP contribution is 1.81. The third kappa shape index (κ3) is 42.0. The zero-order valence-corrected chi connectivity index (χ0v) is 8.65. The lowest BCUT2D eigenvalue weighted by atomic mass is 10.3. The van der Waals surface area contributed by atoms with E-state index in [0.717, 1.165) is 19.0 Å². The van der Waals surface area contributed by atoms with Crippen molar-refractivity contribution in [2.45, 2.75) is 34.6 Å². The monoisotopic (exact) mass is 157 g/mol. The first-order chi connectivity index (χ1) is 5.15. The molecule has 0 amide bonds. The molecule has 11 heavy (non-hydrogen) atoms. The van der Waals surface area contributed by atoms with Gasteiger partial charge >= 0.3 is 0 Å². The van der Waals surface area contributed by atoms with Gasteiger partial charge in [-0.25, -0.2) is 0 Å². The van der Waals surface area contributed by atoms with Crippen molar-refractivity contribution in [1.82, 2.24) is 5.32 Å². The second-order valence-electron chi connectivity index (χ2n) is 3.11. The molecule has 0 aliphatic rings. The first-order valence-corrected chi connectivity index (χ1v) is 4.47. The SMILES string of the molecule is C/C=C\CNCC.CC(C)C. The van der Waals surface area contributed by atoms with Crippen LogP contribution in [0.15, 0.2) is 12.2 Å². The molecule has 0 aromatic rings. The Kier molecular flexibility index (Phi) is 15.0. The molecular formula is C10H23N. The van der Waals surface area contributed by atoms with Crippen LogP contribution in [0.3, 0.4) is 0 Å². The summed E-state index contributed by atoms with van der Waals surface area (Å²) >= 11 is 0. The van der Waals surface area contributed by atoms with E-state index in [4.69, 9.17) is 0 Å². The van der Waals surface area contributed by atoms with Crippen molar-refractivity contribution in [1.29, 1.82) is 0 Å². The Morgan fingerprint density at radius 2 is 1.73 bits per heavy atom. The van der Waals surface area contributed by atoms with Crippen LogP contribution in [0.2, 0.25) is 0 Å². The van der Waals surface area contributed by atoms with E-state index in [-0.39, 0.29) is 0 Å². The standard InChI is InChI=1S/C6H13N.C4H10/c1-3-5-6-7-4-2;1-4(2)3/h3,5,7H,4,6H2,1-2H3;4H,1-3H3/b5-3-;. The molecule has 1 N–H and O–H groups in total. The van der Waals surface area contributed by atoms with E-state index < -0.39 is 0 Å². The lowest BCUT2D eigenvalue weighted by Gasteiger charge is -1.89. The van der Waals surface area contributed by atoms with Crippen molar-refractivity contribution in [2.75, 3.05) is 13.1 Å². The van der Waals surface area contributed by atoms with E-state index in [2.05, 4.69) is 39.1 Å². The summed E-state index contributed by atoms with van der Waals surface area (Å²) in [6, 6.07) is 0. The van der Waals surface area contributed by atoms with E-state index in [0.29, 0.717) is 0 Å². The van der Waals surface area contributed by atoms with Gasteiger partial charge in [-0.3, -0.25) is 0 Å². The minimum Gasteiger partial charge on any atom is -0.314 e. The molecule has 0 unspecified atom stereocenters. The highest BCUT2D eigenvalue weighted by atomic mass is 14.8. The fraction of sp³-hybridized carbons (Fsp3) is 0.800. The van der Waals surface area contributed by atoms with E-state index in [1.807, 2.05) is 13.0 Å². The van der Waals surface area contributed by atoms with Crippen LogP contribution in [0.1, 0.15) is 34.6 Å². The largest absolute Gasteiger partial charge is 0.314 e. The average molecular weight is 157 g/mol. The summed E-state index contributed by atoms with van der Waals surface area (Å²) in [4.78, 5) is 0. The van der Waals surface area contributed by atoms with Gasteiger partial charge in [0.15, 0.2) is 0 Å². The predicted molar refractivity (Wildman–Crippen MR) is 53.9 cm³/mol. The maximum Gasteiger partial charge on any atom is 0.0134 e. The van der Waals surface area contributed by atoms with Crippen molar-refractivity contribution >= 4 is 0 Å². The quantitative estimate of drug-likeness (QED) is 0.490. The van der Waals surface area contributed by atoms with Crippen LogP contribution in [-0.4, -0.2) is 13.1 Å². The number of nitrogens with one attached hydrogen (secondary N) is 1. The van der Waals surface area contributed by atoms with Gasteiger partial charge in [0, 0.05) is 6.54 Å². The third-order valence-electron chi connectivity index (χ3n) is 0.748. The first kappa shape index (κ1) is 13.3. The molecule has 0 aliphatic heterocycles. The molecule has 68 valence electrons. The molecule has 0 heterocycles. The zero-order chi connectivity index (χ0) is 9.11. The van der Waals surface area contributed by atoms with Crippen molar-refractivity contribution in [3.05, 3.63) is 12.2 Å². The van der Waals surface area contributed by atoms with E-state index >= 15 is 0 Å². The van der Waals surface area contributed by atoms with Crippen molar-refractivity contribution < 1.29 is 0 Å². The molecule has 0 saturated heterocycles. The summed E-state index contributed by atoms with van der Waals surface area (Å²) in [6.07, 6.45) is 4.14. The Hall–Kier alpha value is -0.300. The van der Waals surface area contributed by atoms with Crippen LogP contribution < -0.4 is 5.32 Å². The highest BCUT2D eigenvalue weighted by Gasteiger charge is 1.69. The highest BCUT2D eigenvalue weighted by molar-refractivity contribution is 4.78. The fourth-order valence-corrected chi connectivity index (χ4v) is 0.346. The lowest BCUT2D eigenvalue weighted by Crippen LogP contribution is -2.11. The van der Waals surface area contributed by atoms with Gasteiger partial charge < -0.3 is 5.32 Å². The van der Waals surface area contributed by atoms with Gasteiger partial charge in [0.05, 0.1) is 0 Å². The van der Waals surface area contributed by atoms with Crippen molar-refractivity contribution in [3.8, 4) is 0 Å². The van der Waals surface area contributed by atoms with Crippen molar-refractivity contribution in [2.24, 2.45) is 5.92 Å². The number of rotatable bonds is 3. The Bertz CT molecular complexity index is 72.2. The van der Waals surface area contributed by atoms with Crippen LogP contribution in [0.4, 0.5) is 0 Å². The Morgan fingerprint density at radius 1 is 1.27 bits per heavy atom. The second-order valence-corrected chi connectivity index (χ2v) is 3.11. The van der Waals surface area contributed by atoms with Gasteiger partial charge in [0.1, 0.15) is 0 Å². The molecule has 1 heteroatoms. The maximum absolute atomic E-state index is 3.16. The van der Waals surface area contributed by atoms with Gasteiger partial charge in [0.2, 0.25) is 0 Å². The summed E-state index contributed by atoms with van der Waals surface area (Å²) < 4.78 is 0. The van der Waals surface area contributed by atoms with E-state index in [1.54, 1.807) is 0 Å². The van der Waals surface area contributed by atoms with Crippen LogP contribution in [0, 0.1) is 5.92 Å². The second kappa shape index (κ2) is 12.4. The molecule has 0 aliphatic carbocycles. The van der Waals surface area contributed by atoms with Gasteiger partial charge in [-0.15, -0.1) is 0 Å². The lowest BCUT2D eigenvalue weighted by molar-refractivity contribution is 0.737. The molecule has 0 aromatic heterocycles. The van der Waals surface area contributed by atoms with Crippen LogP contribution >= 0.6 is 0 Å². The summed E-state index contributed by atoms with van der Waals surface area (Å²) in [5, 5.41) is 3.16. The molecular weight excluding hydrogens is 134 g/mol. The van der Waals surface area contributed by atoms with Crippen LogP contribution in [-0.2, 0) is 0 Å². The molecule has 0 radical (unpaired) electrons. The van der Waals surface area contributed by atoms with Crippen LogP contribution in [0.25, 0.3) is 0 Å². The predicted octanol–water partition coefficient (Wildman–Crippen LogP) is 2.83. The fourth-order valence-electron chi connectivity index (χ4n) is 0.346. The Morgan fingerprint density at radius 3 is 2.00 bits per heavy atom. The summed E-state index contributed by atoms with van der Waals surface area (Å²) in [7, 11) is 0.